The molecule has 0 aliphatic heterocycles. The maximum Gasteiger partial charge on any atom is 0.255 e. The molecular formula is C24H23N3OS. The molecule has 1 N–H and O–H groups in total. The van der Waals surface area contributed by atoms with Gasteiger partial charge in [-0.3, -0.25) is 9.69 Å². The van der Waals surface area contributed by atoms with E-state index in [9.17, 15) is 4.79 Å². The molecule has 4 rings (SSSR count). The van der Waals surface area contributed by atoms with E-state index in [-0.39, 0.29) is 11.9 Å². The maximum atomic E-state index is 12.4. The minimum absolute atomic E-state index is 0.0982. The number of nitrogens with one attached hydrogen (secondary N) is 1. The predicted molar refractivity (Wildman–Crippen MR) is 120 cm³/mol. The summed E-state index contributed by atoms with van der Waals surface area (Å²) in [7, 11) is 2.10. The van der Waals surface area contributed by atoms with Gasteiger partial charge in [0.1, 0.15) is 5.01 Å². The van der Waals surface area contributed by atoms with E-state index in [2.05, 4.69) is 36.3 Å². The molecule has 5 heteroatoms. The minimum Gasteiger partial charge on any atom is -0.322 e. The highest BCUT2D eigenvalue weighted by atomic mass is 32.1. The van der Waals surface area contributed by atoms with Gasteiger partial charge >= 0.3 is 0 Å². The molecule has 0 bridgehead atoms. The van der Waals surface area contributed by atoms with Crippen molar-refractivity contribution in [1.29, 1.82) is 0 Å². The molecule has 0 aliphatic rings. The Kier molecular flexibility index (Phi) is 5.69. The molecule has 0 saturated heterocycles. The van der Waals surface area contributed by atoms with E-state index in [1.807, 2.05) is 66.7 Å². The summed E-state index contributed by atoms with van der Waals surface area (Å²) < 4.78 is 1.22. The Bertz CT molecular complexity index is 1070. The molecule has 0 aliphatic carbocycles. The minimum atomic E-state index is -0.0982. The van der Waals surface area contributed by atoms with Crippen LogP contribution in [0, 0.1) is 0 Å². The quantitative estimate of drug-likeness (QED) is 0.448. The second-order valence-corrected chi connectivity index (χ2v) is 8.19. The lowest BCUT2D eigenvalue weighted by atomic mass is 10.1. The number of carbonyl (C=O) groups excluding carboxylic acids is 1. The van der Waals surface area contributed by atoms with E-state index in [1.54, 1.807) is 11.3 Å². The van der Waals surface area contributed by atoms with Crippen LogP contribution in [0.2, 0.25) is 0 Å². The second kappa shape index (κ2) is 8.55. The third-order valence-electron chi connectivity index (χ3n) is 5.01. The Morgan fingerprint density at radius 2 is 1.69 bits per heavy atom. The van der Waals surface area contributed by atoms with Crippen LogP contribution >= 0.6 is 11.3 Å². The van der Waals surface area contributed by atoms with Gasteiger partial charge in [0, 0.05) is 17.8 Å². The average molecular weight is 402 g/mol. The molecule has 0 spiro atoms. The van der Waals surface area contributed by atoms with Crippen molar-refractivity contribution in [1.82, 2.24) is 9.88 Å². The molecule has 1 heterocycles. The third kappa shape index (κ3) is 4.53. The first-order chi connectivity index (χ1) is 14.1. The van der Waals surface area contributed by atoms with Gasteiger partial charge in [0.25, 0.3) is 5.91 Å². The SMILES string of the molecule is C[C@@H](c1nc2ccccc2s1)N(C)Cc1ccc(C(=O)Nc2ccccc2)cc1. The molecule has 146 valence electrons. The highest BCUT2D eigenvalue weighted by Crippen LogP contribution is 2.29. The van der Waals surface area contributed by atoms with Crippen LogP contribution in [0.15, 0.2) is 78.9 Å². The summed E-state index contributed by atoms with van der Waals surface area (Å²) in [6.07, 6.45) is 0. The summed E-state index contributed by atoms with van der Waals surface area (Å²) in [4.78, 5) is 19.4. The van der Waals surface area contributed by atoms with Crippen LogP contribution in [-0.4, -0.2) is 22.8 Å². The topological polar surface area (TPSA) is 45.2 Å². The molecular weight excluding hydrogens is 378 g/mol. The molecule has 0 fully saturated rings. The number of anilines is 1. The van der Waals surface area contributed by atoms with Crippen LogP contribution in [0.3, 0.4) is 0 Å². The Labute approximate surface area is 174 Å². The van der Waals surface area contributed by atoms with Gasteiger partial charge in [-0.05, 0) is 55.9 Å². The summed E-state index contributed by atoms with van der Waals surface area (Å²) >= 11 is 1.75. The molecule has 4 nitrogen and oxygen atoms in total. The maximum absolute atomic E-state index is 12.4. The van der Waals surface area contributed by atoms with Crippen LogP contribution in [0.5, 0.6) is 0 Å². The van der Waals surface area contributed by atoms with Crippen molar-refractivity contribution in [3.8, 4) is 0 Å². The van der Waals surface area contributed by atoms with Crippen molar-refractivity contribution in [2.45, 2.75) is 19.5 Å². The number of aromatic nitrogens is 1. The van der Waals surface area contributed by atoms with Gasteiger partial charge in [-0.2, -0.15) is 0 Å². The zero-order chi connectivity index (χ0) is 20.2. The first-order valence-electron chi connectivity index (χ1n) is 9.61. The van der Waals surface area contributed by atoms with Gasteiger partial charge in [-0.1, -0.05) is 42.5 Å². The number of para-hydroxylation sites is 2. The standard InChI is InChI=1S/C24H23N3OS/c1-17(24-26-21-10-6-7-11-22(21)29-24)27(2)16-18-12-14-19(15-13-18)23(28)25-20-8-4-3-5-9-20/h3-15,17H,16H2,1-2H3,(H,25,28)/t17-/m0/s1. The molecule has 29 heavy (non-hydrogen) atoms. The van der Waals surface area contributed by atoms with E-state index < -0.39 is 0 Å². The Hall–Kier alpha value is -3.02. The van der Waals surface area contributed by atoms with Crippen molar-refractivity contribution >= 4 is 33.1 Å². The normalized spacial score (nSPS) is 12.2. The van der Waals surface area contributed by atoms with Crippen LogP contribution < -0.4 is 5.32 Å². The van der Waals surface area contributed by atoms with Crippen LogP contribution in [0.25, 0.3) is 10.2 Å². The number of hydrogen-bond donors (Lipinski definition) is 1. The lowest BCUT2D eigenvalue weighted by molar-refractivity contribution is 0.102. The lowest BCUT2D eigenvalue weighted by Gasteiger charge is -2.23. The van der Waals surface area contributed by atoms with Gasteiger partial charge in [0.15, 0.2) is 0 Å². The van der Waals surface area contributed by atoms with E-state index >= 15 is 0 Å². The highest BCUT2D eigenvalue weighted by Gasteiger charge is 2.16. The number of carbonyl (C=O) groups is 1. The Morgan fingerprint density at radius 3 is 2.41 bits per heavy atom. The first-order valence-corrected chi connectivity index (χ1v) is 10.4. The average Bonchev–Trinajstić information content (AvgIpc) is 3.18. The molecule has 3 aromatic carbocycles. The molecule has 0 unspecified atom stereocenters. The van der Waals surface area contributed by atoms with Crippen LogP contribution in [0.4, 0.5) is 5.69 Å². The van der Waals surface area contributed by atoms with E-state index in [1.165, 1.54) is 4.70 Å². The summed E-state index contributed by atoms with van der Waals surface area (Å²) in [6, 6.07) is 25.7. The third-order valence-corrected chi connectivity index (χ3v) is 6.22. The van der Waals surface area contributed by atoms with E-state index in [0.717, 1.165) is 28.3 Å². The number of rotatable bonds is 6. The summed E-state index contributed by atoms with van der Waals surface area (Å²) in [5.74, 6) is -0.0982. The molecule has 1 aromatic heterocycles. The summed E-state index contributed by atoms with van der Waals surface area (Å²) in [5, 5.41) is 4.03. The van der Waals surface area contributed by atoms with Gasteiger partial charge in [-0.25, -0.2) is 4.98 Å². The zero-order valence-electron chi connectivity index (χ0n) is 16.5. The molecule has 1 atom stereocenters. The van der Waals surface area contributed by atoms with E-state index in [0.29, 0.717) is 5.56 Å². The highest BCUT2D eigenvalue weighted by molar-refractivity contribution is 7.18. The monoisotopic (exact) mass is 401 g/mol. The van der Waals surface area contributed by atoms with Crippen molar-refractivity contribution in [2.75, 3.05) is 12.4 Å². The van der Waals surface area contributed by atoms with Crippen molar-refractivity contribution in [2.24, 2.45) is 0 Å². The van der Waals surface area contributed by atoms with Crippen molar-refractivity contribution in [3.63, 3.8) is 0 Å². The van der Waals surface area contributed by atoms with Crippen LogP contribution in [0.1, 0.15) is 33.9 Å². The smallest absolute Gasteiger partial charge is 0.255 e. The Morgan fingerprint density at radius 1 is 1.00 bits per heavy atom. The first kappa shape index (κ1) is 19.3. The second-order valence-electron chi connectivity index (χ2n) is 7.13. The number of benzene rings is 3. The number of thiazole rings is 1. The van der Waals surface area contributed by atoms with E-state index in [4.69, 9.17) is 4.98 Å². The van der Waals surface area contributed by atoms with Gasteiger partial charge < -0.3 is 5.32 Å². The number of amides is 1. The van der Waals surface area contributed by atoms with Crippen LogP contribution in [-0.2, 0) is 6.54 Å². The molecule has 1 amide bonds. The number of fused-ring (bicyclic) bond motifs is 1. The van der Waals surface area contributed by atoms with Crippen molar-refractivity contribution in [3.05, 3.63) is 95.0 Å². The fourth-order valence-electron chi connectivity index (χ4n) is 3.17. The fraction of sp³-hybridized carbons (Fsp3) is 0.167. The summed E-state index contributed by atoms with van der Waals surface area (Å²) in [6.45, 7) is 2.97. The molecule has 0 saturated carbocycles. The Balaban J connectivity index is 1.40. The largest absolute Gasteiger partial charge is 0.322 e. The van der Waals surface area contributed by atoms with Crippen molar-refractivity contribution < 1.29 is 4.79 Å². The predicted octanol–water partition coefficient (Wildman–Crippen LogP) is 5.74. The zero-order valence-corrected chi connectivity index (χ0v) is 17.3. The molecule has 4 aromatic rings. The number of nitrogens with zero attached hydrogens (tertiary/aromatic N) is 2. The molecule has 0 radical (unpaired) electrons. The van der Waals surface area contributed by atoms with Gasteiger partial charge in [0.05, 0.1) is 16.3 Å². The summed E-state index contributed by atoms with van der Waals surface area (Å²) in [5.41, 5.74) is 3.67. The van der Waals surface area contributed by atoms with Gasteiger partial charge in [0.2, 0.25) is 0 Å². The van der Waals surface area contributed by atoms with Gasteiger partial charge in [-0.15, -0.1) is 11.3 Å². The lowest BCUT2D eigenvalue weighted by Crippen LogP contribution is -2.22. The number of hydrogen-bond acceptors (Lipinski definition) is 4. The fourth-order valence-corrected chi connectivity index (χ4v) is 4.25.